The number of benzene rings is 2. The van der Waals surface area contributed by atoms with Gasteiger partial charge < -0.3 is 0 Å². The SMILES string of the molecule is Cc1ccc(S(=O)(=O)Nc2c(I)cc(C)cc2S(=O)(=O)Cl)cc1. The molecule has 0 fully saturated rings. The second-order valence-electron chi connectivity index (χ2n) is 4.98. The van der Waals surface area contributed by atoms with Crippen LogP contribution in [-0.2, 0) is 19.1 Å². The van der Waals surface area contributed by atoms with Gasteiger partial charge >= 0.3 is 0 Å². The molecule has 0 spiro atoms. The van der Waals surface area contributed by atoms with Crippen LogP contribution in [0.2, 0.25) is 0 Å². The molecule has 0 heterocycles. The van der Waals surface area contributed by atoms with Crippen molar-refractivity contribution < 1.29 is 16.8 Å². The molecule has 2 aromatic rings. The van der Waals surface area contributed by atoms with E-state index >= 15 is 0 Å². The van der Waals surface area contributed by atoms with E-state index in [0.29, 0.717) is 9.13 Å². The largest absolute Gasteiger partial charge is 0.277 e. The van der Waals surface area contributed by atoms with Crippen molar-refractivity contribution in [3.8, 4) is 0 Å². The molecule has 0 atom stereocenters. The number of hydrogen-bond acceptors (Lipinski definition) is 4. The van der Waals surface area contributed by atoms with Crippen molar-refractivity contribution >= 4 is 58.0 Å². The Labute approximate surface area is 153 Å². The molecular weight excluding hydrogens is 473 g/mol. The number of anilines is 1. The average Bonchev–Trinajstić information content (AvgIpc) is 2.41. The lowest BCUT2D eigenvalue weighted by Gasteiger charge is -2.14. The maximum Gasteiger partial charge on any atom is 0.263 e. The van der Waals surface area contributed by atoms with Crippen molar-refractivity contribution in [1.82, 2.24) is 0 Å². The molecule has 1 N–H and O–H groups in total. The Hall–Kier alpha value is -0.840. The molecule has 0 aliphatic carbocycles. The Morgan fingerprint density at radius 3 is 2.04 bits per heavy atom. The molecule has 2 rings (SSSR count). The molecule has 124 valence electrons. The summed E-state index contributed by atoms with van der Waals surface area (Å²) >= 11 is 1.87. The van der Waals surface area contributed by atoms with Crippen LogP contribution in [0.3, 0.4) is 0 Å². The zero-order valence-corrected chi connectivity index (χ0v) is 16.7. The zero-order valence-electron chi connectivity index (χ0n) is 12.2. The molecule has 23 heavy (non-hydrogen) atoms. The fourth-order valence-corrected chi connectivity index (χ4v) is 5.46. The van der Waals surface area contributed by atoms with Crippen molar-refractivity contribution in [2.75, 3.05) is 4.72 Å². The summed E-state index contributed by atoms with van der Waals surface area (Å²) in [5.74, 6) is 0. The summed E-state index contributed by atoms with van der Waals surface area (Å²) in [5.41, 5.74) is 1.52. The fourth-order valence-electron chi connectivity index (χ4n) is 1.91. The van der Waals surface area contributed by atoms with Crippen LogP contribution in [0.15, 0.2) is 46.2 Å². The summed E-state index contributed by atoms with van der Waals surface area (Å²) in [6.45, 7) is 3.54. The fraction of sp³-hybridized carbons (Fsp3) is 0.143. The van der Waals surface area contributed by atoms with E-state index in [1.165, 1.54) is 18.2 Å². The molecule has 0 aliphatic heterocycles. The molecular formula is C14H13ClINO4S2. The van der Waals surface area contributed by atoms with Crippen LogP contribution in [0.1, 0.15) is 11.1 Å². The van der Waals surface area contributed by atoms with Crippen molar-refractivity contribution in [2.45, 2.75) is 23.6 Å². The van der Waals surface area contributed by atoms with E-state index in [1.54, 1.807) is 25.1 Å². The minimum atomic E-state index is -4.10. The summed E-state index contributed by atoms with van der Waals surface area (Å²) in [6, 6.07) is 9.22. The zero-order chi connectivity index (χ0) is 17.4. The van der Waals surface area contributed by atoms with E-state index in [0.717, 1.165) is 5.56 Å². The first-order chi connectivity index (χ1) is 10.5. The highest BCUT2D eigenvalue weighted by molar-refractivity contribution is 14.1. The van der Waals surface area contributed by atoms with Crippen molar-refractivity contribution in [2.24, 2.45) is 0 Å². The van der Waals surface area contributed by atoms with Gasteiger partial charge in [0, 0.05) is 14.3 Å². The Morgan fingerprint density at radius 2 is 1.52 bits per heavy atom. The van der Waals surface area contributed by atoms with Gasteiger partial charge in [-0.3, -0.25) is 4.72 Å². The van der Waals surface area contributed by atoms with Crippen molar-refractivity contribution in [3.63, 3.8) is 0 Å². The Kier molecular flexibility index (Phi) is 5.29. The minimum Gasteiger partial charge on any atom is -0.277 e. The van der Waals surface area contributed by atoms with Crippen LogP contribution in [0.5, 0.6) is 0 Å². The number of halogens is 2. The lowest BCUT2D eigenvalue weighted by Crippen LogP contribution is -2.16. The predicted molar refractivity (Wildman–Crippen MR) is 98.9 cm³/mol. The van der Waals surface area contributed by atoms with Crippen LogP contribution >= 0.6 is 33.3 Å². The first-order valence-corrected chi connectivity index (χ1v) is 11.2. The van der Waals surface area contributed by atoms with Crippen LogP contribution in [0, 0.1) is 17.4 Å². The lowest BCUT2D eigenvalue weighted by atomic mass is 10.2. The molecule has 0 radical (unpaired) electrons. The summed E-state index contributed by atoms with van der Waals surface area (Å²) in [4.78, 5) is -0.225. The third-order valence-corrected chi connectivity index (χ3v) is 6.59. The number of hydrogen-bond donors (Lipinski definition) is 1. The van der Waals surface area contributed by atoms with Crippen molar-refractivity contribution in [3.05, 3.63) is 51.1 Å². The van der Waals surface area contributed by atoms with E-state index in [2.05, 4.69) is 4.72 Å². The van der Waals surface area contributed by atoms with E-state index in [4.69, 9.17) is 10.7 Å². The van der Waals surface area contributed by atoms with Gasteiger partial charge in [-0.15, -0.1) is 0 Å². The Bertz CT molecular complexity index is 955. The van der Waals surface area contributed by atoms with E-state index in [9.17, 15) is 16.8 Å². The van der Waals surface area contributed by atoms with Gasteiger partial charge in [-0.2, -0.15) is 0 Å². The van der Waals surface area contributed by atoms with Crippen LogP contribution in [0.25, 0.3) is 0 Å². The number of sulfonamides is 1. The first kappa shape index (κ1) is 18.5. The molecule has 9 heteroatoms. The summed E-state index contributed by atoms with van der Waals surface area (Å²) in [5, 5.41) is 0. The maximum atomic E-state index is 12.5. The number of nitrogens with one attached hydrogen (secondary N) is 1. The number of rotatable bonds is 4. The third-order valence-electron chi connectivity index (χ3n) is 3.03. The summed E-state index contributed by atoms with van der Waals surface area (Å²) < 4.78 is 51.2. The van der Waals surface area contributed by atoms with Gasteiger partial charge in [0.25, 0.3) is 19.1 Å². The van der Waals surface area contributed by atoms with Crippen molar-refractivity contribution in [1.29, 1.82) is 0 Å². The van der Waals surface area contributed by atoms with Crippen LogP contribution in [-0.4, -0.2) is 16.8 Å². The molecule has 2 aromatic carbocycles. The molecule has 0 amide bonds. The van der Waals surface area contributed by atoms with E-state index in [-0.39, 0.29) is 15.5 Å². The van der Waals surface area contributed by atoms with Crippen LogP contribution in [0.4, 0.5) is 5.69 Å². The second-order valence-corrected chi connectivity index (χ2v) is 10.4. The molecule has 0 bridgehead atoms. The highest BCUT2D eigenvalue weighted by Gasteiger charge is 2.23. The molecule has 0 saturated heterocycles. The monoisotopic (exact) mass is 485 g/mol. The topological polar surface area (TPSA) is 80.3 Å². The Morgan fingerprint density at radius 1 is 0.957 bits per heavy atom. The van der Waals surface area contributed by atoms with Gasteiger partial charge in [0.15, 0.2) is 0 Å². The molecule has 5 nitrogen and oxygen atoms in total. The molecule has 0 aliphatic rings. The minimum absolute atomic E-state index is 0.0393. The quantitative estimate of drug-likeness (QED) is 0.530. The first-order valence-electron chi connectivity index (χ1n) is 6.35. The summed E-state index contributed by atoms with van der Waals surface area (Å²) in [7, 11) is -2.59. The molecule has 0 aromatic heterocycles. The highest BCUT2D eigenvalue weighted by atomic mass is 127. The van der Waals surface area contributed by atoms with E-state index < -0.39 is 19.1 Å². The average molecular weight is 486 g/mol. The van der Waals surface area contributed by atoms with Gasteiger partial charge in [0.05, 0.1) is 10.6 Å². The highest BCUT2D eigenvalue weighted by Crippen LogP contribution is 2.32. The standard InChI is InChI=1S/C14H13ClINO4S2/c1-9-3-5-11(6-4-9)23(20,21)17-14-12(16)7-10(2)8-13(14)22(15,18)19/h3-8,17H,1-2H3. The van der Waals surface area contributed by atoms with Gasteiger partial charge in [0.2, 0.25) is 0 Å². The van der Waals surface area contributed by atoms with Crippen LogP contribution < -0.4 is 4.72 Å². The second kappa shape index (κ2) is 6.58. The van der Waals surface area contributed by atoms with E-state index in [1.807, 2.05) is 29.5 Å². The van der Waals surface area contributed by atoms with Gasteiger partial charge in [0.1, 0.15) is 4.90 Å². The molecule has 0 saturated carbocycles. The van der Waals surface area contributed by atoms with Gasteiger partial charge in [-0.05, 0) is 66.3 Å². The smallest absolute Gasteiger partial charge is 0.263 e. The van der Waals surface area contributed by atoms with Gasteiger partial charge in [-0.25, -0.2) is 16.8 Å². The van der Waals surface area contributed by atoms with Gasteiger partial charge in [-0.1, -0.05) is 17.7 Å². The third kappa shape index (κ3) is 4.37. The lowest BCUT2D eigenvalue weighted by molar-refractivity contribution is 0.601. The Balaban J connectivity index is 2.58. The number of aryl methyl sites for hydroxylation is 2. The maximum absolute atomic E-state index is 12.5. The summed E-state index contributed by atoms with van der Waals surface area (Å²) in [6.07, 6.45) is 0. The molecule has 0 unspecified atom stereocenters. The predicted octanol–water partition coefficient (Wildman–Crippen LogP) is 3.64. The normalized spacial score (nSPS) is 12.2.